The number of hydrogen-bond donors (Lipinski definition) is 3. The maximum absolute atomic E-state index is 11.8. The smallest absolute Gasteiger partial charge is 0.241 e. The van der Waals surface area contributed by atoms with Gasteiger partial charge in [-0.05, 0) is 13.3 Å². The minimum Gasteiger partial charge on any atom is -0.388 e. The molecule has 1 aromatic heterocycles. The molecule has 0 spiro atoms. The van der Waals surface area contributed by atoms with E-state index in [0.717, 1.165) is 6.42 Å². The van der Waals surface area contributed by atoms with Gasteiger partial charge in [0.2, 0.25) is 5.91 Å². The lowest BCUT2D eigenvalue weighted by Gasteiger charge is -2.23. The zero-order chi connectivity index (χ0) is 13.8. The molecule has 1 aromatic rings. The van der Waals surface area contributed by atoms with Crippen LogP contribution in [0.2, 0.25) is 0 Å². The van der Waals surface area contributed by atoms with Crippen molar-refractivity contribution in [1.82, 2.24) is 15.1 Å². The molecule has 0 aliphatic carbocycles. The Hall–Kier alpha value is -1.40. The molecule has 1 heterocycles. The second-order valence-electron chi connectivity index (χ2n) is 4.89. The van der Waals surface area contributed by atoms with E-state index in [1.54, 1.807) is 31.0 Å². The molecule has 18 heavy (non-hydrogen) atoms. The van der Waals surface area contributed by atoms with Gasteiger partial charge in [-0.2, -0.15) is 5.10 Å². The van der Waals surface area contributed by atoms with Crippen LogP contribution in [0.4, 0.5) is 0 Å². The van der Waals surface area contributed by atoms with Crippen LogP contribution < -0.4 is 11.1 Å². The van der Waals surface area contributed by atoms with E-state index >= 15 is 0 Å². The Kier molecular flexibility index (Phi) is 4.86. The molecule has 102 valence electrons. The third-order valence-electron chi connectivity index (χ3n) is 2.80. The van der Waals surface area contributed by atoms with Gasteiger partial charge < -0.3 is 16.2 Å². The molecule has 6 nitrogen and oxygen atoms in total. The van der Waals surface area contributed by atoms with Gasteiger partial charge in [0.25, 0.3) is 0 Å². The predicted molar refractivity (Wildman–Crippen MR) is 68.7 cm³/mol. The fourth-order valence-corrected chi connectivity index (χ4v) is 1.77. The minimum absolute atomic E-state index is 0.202. The number of nitrogens with one attached hydrogen (secondary N) is 1. The Balaban J connectivity index is 2.51. The lowest BCUT2D eigenvalue weighted by Crippen LogP contribution is -2.43. The van der Waals surface area contributed by atoms with Gasteiger partial charge in [0.15, 0.2) is 0 Å². The van der Waals surface area contributed by atoms with Crippen molar-refractivity contribution in [1.29, 1.82) is 0 Å². The molecule has 0 aliphatic heterocycles. The maximum atomic E-state index is 11.8. The minimum atomic E-state index is -0.890. The van der Waals surface area contributed by atoms with Crippen LogP contribution in [-0.2, 0) is 11.8 Å². The molecule has 4 N–H and O–H groups in total. The summed E-state index contributed by atoms with van der Waals surface area (Å²) >= 11 is 0. The molecule has 2 atom stereocenters. The Bertz CT molecular complexity index is 401. The summed E-state index contributed by atoms with van der Waals surface area (Å²) in [5, 5.41) is 16.6. The van der Waals surface area contributed by atoms with Crippen LogP contribution >= 0.6 is 0 Å². The summed E-state index contributed by atoms with van der Waals surface area (Å²) in [4.78, 5) is 11.8. The number of aryl methyl sites for hydroxylation is 1. The molecule has 1 rings (SSSR count). The summed E-state index contributed by atoms with van der Waals surface area (Å²) in [5.41, 5.74) is 5.58. The van der Waals surface area contributed by atoms with Crippen molar-refractivity contribution in [3.8, 4) is 0 Å². The first-order chi connectivity index (χ1) is 8.35. The zero-order valence-electron chi connectivity index (χ0n) is 11.2. The van der Waals surface area contributed by atoms with Crippen LogP contribution in [0.25, 0.3) is 0 Å². The van der Waals surface area contributed by atoms with Crippen molar-refractivity contribution in [2.24, 2.45) is 12.8 Å². The van der Waals surface area contributed by atoms with Gasteiger partial charge in [0.05, 0.1) is 11.8 Å². The Morgan fingerprint density at radius 3 is 2.89 bits per heavy atom. The summed E-state index contributed by atoms with van der Waals surface area (Å²) < 4.78 is 1.59. The first-order valence-corrected chi connectivity index (χ1v) is 6.10. The summed E-state index contributed by atoms with van der Waals surface area (Å²) in [5.74, 6) is -0.306. The lowest BCUT2D eigenvalue weighted by molar-refractivity contribution is -0.123. The largest absolute Gasteiger partial charge is 0.388 e. The summed E-state index contributed by atoms with van der Waals surface area (Å²) in [6.07, 6.45) is 4.76. The van der Waals surface area contributed by atoms with Crippen molar-refractivity contribution in [2.45, 2.75) is 38.3 Å². The van der Waals surface area contributed by atoms with E-state index in [4.69, 9.17) is 5.73 Å². The zero-order valence-corrected chi connectivity index (χ0v) is 11.2. The van der Waals surface area contributed by atoms with E-state index in [0.29, 0.717) is 12.0 Å². The first-order valence-electron chi connectivity index (χ1n) is 6.10. The summed E-state index contributed by atoms with van der Waals surface area (Å²) in [7, 11) is 1.76. The number of carbonyl (C=O) groups excluding carboxylic acids is 1. The van der Waals surface area contributed by atoms with Crippen molar-refractivity contribution in [2.75, 3.05) is 6.54 Å². The van der Waals surface area contributed by atoms with Crippen molar-refractivity contribution in [3.63, 3.8) is 0 Å². The van der Waals surface area contributed by atoms with Gasteiger partial charge in [-0.1, -0.05) is 13.3 Å². The normalized spacial score (nSPS) is 16.1. The van der Waals surface area contributed by atoms with Gasteiger partial charge in [-0.15, -0.1) is 0 Å². The first kappa shape index (κ1) is 14.7. The molecule has 0 bridgehead atoms. The molecular weight excluding hydrogens is 232 g/mol. The molecule has 0 saturated carbocycles. The highest BCUT2D eigenvalue weighted by Gasteiger charge is 2.23. The molecular formula is C12H22N4O2. The maximum Gasteiger partial charge on any atom is 0.241 e. The van der Waals surface area contributed by atoms with Gasteiger partial charge >= 0.3 is 0 Å². The monoisotopic (exact) mass is 254 g/mol. The van der Waals surface area contributed by atoms with Gasteiger partial charge in [-0.25, -0.2) is 0 Å². The number of aliphatic hydroxyl groups is 1. The van der Waals surface area contributed by atoms with E-state index in [-0.39, 0.29) is 12.5 Å². The fourth-order valence-electron chi connectivity index (χ4n) is 1.77. The third kappa shape index (κ3) is 4.12. The second-order valence-corrected chi connectivity index (χ2v) is 4.89. The quantitative estimate of drug-likeness (QED) is 0.670. The number of hydrogen-bond acceptors (Lipinski definition) is 4. The molecule has 1 amide bonds. The fraction of sp³-hybridized carbons (Fsp3) is 0.667. The van der Waals surface area contributed by atoms with E-state index in [1.165, 1.54) is 0 Å². The van der Waals surface area contributed by atoms with Gasteiger partial charge in [0, 0.05) is 25.4 Å². The van der Waals surface area contributed by atoms with E-state index in [9.17, 15) is 9.90 Å². The number of nitrogens with zero attached hydrogens (tertiary/aromatic N) is 2. The van der Waals surface area contributed by atoms with Crippen LogP contribution in [0.5, 0.6) is 0 Å². The van der Waals surface area contributed by atoms with Crippen LogP contribution in [-0.4, -0.2) is 32.9 Å². The number of carbonyl (C=O) groups is 1. The second kappa shape index (κ2) is 5.97. The molecule has 0 radical (unpaired) electrons. The van der Waals surface area contributed by atoms with Crippen molar-refractivity contribution in [3.05, 3.63) is 18.0 Å². The molecule has 2 unspecified atom stereocenters. The number of aromatic nitrogens is 2. The highest BCUT2D eigenvalue weighted by atomic mass is 16.3. The lowest BCUT2D eigenvalue weighted by atomic mass is 10.0. The average molecular weight is 254 g/mol. The standard InChI is InChI=1S/C12H22N4O2/c1-4-5-12(2,18)8-14-11(17)10(13)9-6-15-16(3)7-9/h6-7,10,18H,4-5,8,13H2,1-3H3,(H,14,17). The number of amides is 1. The van der Waals surface area contributed by atoms with Crippen LogP contribution in [0, 0.1) is 0 Å². The van der Waals surface area contributed by atoms with E-state index < -0.39 is 11.6 Å². The highest BCUT2D eigenvalue weighted by Crippen LogP contribution is 2.12. The Morgan fingerprint density at radius 2 is 2.39 bits per heavy atom. The number of nitrogens with two attached hydrogens (primary N) is 1. The van der Waals surface area contributed by atoms with E-state index in [2.05, 4.69) is 10.4 Å². The highest BCUT2D eigenvalue weighted by molar-refractivity contribution is 5.82. The van der Waals surface area contributed by atoms with Crippen LogP contribution in [0.15, 0.2) is 12.4 Å². The molecule has 0 aromatic carbocycles. The molecule has 0 aliphatic rings. The average Bonchev–Trinajstić information content (AvgIpc) is 2.72. The van der Waals surface area contributed by atoms with E-state index in [1.807, 2.05) is 6.92 Å². The Morgan fingerprint density at radius 1 is 1.72 bits per heavy atom. The van der Waals surface area contributed by atoms with Crippen LogP contribution in [0.3, 0.4) is 0 Å². The summed E-state index contributed by atoms with van der Waals surface area (Å²) in [6.45, 7) is 3.89. The van der Waals surface area contributed by atoms with Crippen molar-refractivity contribution >= 4 is 5.91 Å². The molecule has 6 heteroatoms. The Labute approximate surface area is 107 Å². The SMILES string of the molecule is CCCC(C)(O)CNC(=O)C(N)c1cnn(C)c1. The van der Waals surface area contributed by atoms with Crippen molar-refractivity contribution < 1.29 is 9.90 Å². The van der Waals surface area contributed by atoms with Gasteiger partial charge in [-0.3, -0.25) is 9.48 Å². The number of rotatable bonds is 6. The van der Waals surface area contributed by atoms with Gasteiger partial charge in [0.1, 0.15) is 6.04 Å². The predicted octanol–water partition coefficient (Wildman–Crippen LogP) is 0.0872. The molecule has 0 fully saturated rings. The molecule has 0 saturated heterocycles. The third-order valence-corrected chi connectivity index (χ3v) is 2.80. The van der Waals surface area contributed by atoms with Crippen LogP contribution in [0.1, 0.15) is 38.3 Å². The topological polar surface area (TPSA) is 93.2 Å². The summed E-state index contributed by atoms with van der Waals surface area (Å²) in [6, 6.07) is -0.754.